The zero-order valence-corrected chi connectivity index (χ0v) is 14.3. The van der Waals surface area contributed by atoms with E-state index in [0.29, 0.717) is 12.8 Å². The molecule has 1 aromatic heterocycles. The van der Waals surface area contributed by atoms with Gasteiger partial charge in [-0.2, -0.15) is 0 Å². The van der Waals surface area contributed by atoms with Gasteiger partial charge in [-0.15, -0.1) is 0 Å². The van der Waals surface area contributed by atoms with Gasteiger partial charge >= 0.3 is 5.97 Å². The lowest BCUT2D eigenvalue weighted by Gasteiger charge is -2.39. The number of carbonyl (C=O) groups is 1. The molecule has 0 saturated carbocycles. The first-order valence-electron chi connectivity index (χ1n) is 8.45. The van der Waals surface area contributed by atoms with E-state index < -0.39 is 11.4 Å². The van der Waals surface area contributed by atoms with Crippen molar-refractivity contribution in [2.24, 2.45) is 0 Å². The average Bonchev–Trinajstić information content (AvgIpc) is 2.57. The number of aromatic nitrogens is 1. The predicted octanol–water partition coefficient (Wildman–Crippen LogP) is 3.32. The third-order valence-electron chi connectivity index (χ3n) is 5.20. The summed E-state index contributed by atoms with van der Waals surface area (Å²) in [6, 6.07) is 12.0. The molecule has 1 aliphatic heterocycles. The normalized spacial score (nSPS) is 17.6. The smallest absolute Gasteiger partial charge is 0.314 e. The number of piperidine rings is 1. The Kier molecular flexibility index (Phi) is 4.67. The fourth-order valence-electron chi connectivity index (χ4n) is 3.59. The molecule has 0 atom stereocenters. The summed E-state index contributed by atoms with van der Waals surface area (Å²) in [5.41, 5.74) is 3.56. The number of carboxylic acid groups (broad SMARTS) is 1. The highest BCUT2D eigenvalue weighted by atomic mass is 16.4. The van der Waals surface area contributed by atoms with Gasteiger partial charge < -0.3 is 5.11 Å². The van der Waals surface area contributed by atoms with Crippen molar-refractivity contribution in [3.63, 3.8) is 0 Å². The number of hydrogen-bond acceptors (Lipinski definition) is 3. The first kappa shape index (κ1) is 16.7. The van der Waals surface area contributed by atoms with E-state index >= 15 is 0 Å². The molecule has 2 heterocycles. The fraction of sp³-hybridized carbons (Fsp3) is 0.400. The predicted molar refractivity (Wildman–Crippen MR) is 94.0 cm³/mol. The average molecular weight is 324 g/mol. The molecule has 1 aliphatic rings. The van der Waals surface area contributed by atoms with Gasteiger partial charge in [0.15, 0.2) is 0 Å². The van der Waals surface area contributed by atoms with Crippen molar-refractivity contribution >= 4 is 5.97 Å². The first-order valence-corrected chi connectivity index (χ1v) is 8.45. The molecule has 0 radical (unpaired) electrons. The maximum absolute atomic E-state index is 12.1. The summed E-state index contributed by atoms with van der Waals surface area (Å²) in [4.78, 5) is 18.8. The van der Waals surface area contributed by atoms with E-state index in [-0.39, 0.29) is 0 Å². The summed E-state index contributed by atoms with van der Waals surface area (Å²) in [5.74, 6) is -0.703. The van der Waals surface area contributed by atoms with Gasteiger partial charge in [0.25, 0.3) is 0 Å². The van der Waals surface area contributed by atoms with Crippen molar-refractivity contribution < 1.29 is 9.90 Å². The Morgan fingerprint density at radius 3 is 2.58 bits per heavy atom. The molecule has 24 heavy (non-hydrogen) atoms. The van der Waals surface area contributed by atoms with Crippen molar-refractivity contribution in [3.8, 4) is 0 Å². The first-order chi connectivity index (χ1) is 11.5. The number of benzene rings is 1. The van der Waals surface area contributed by atoms with Crippen LogP contribution in [-0.4, -0.2) is 34.0 Å². The Balaban J connectivity index is 1.76. The SMILES string of the molecule is Cc1cccc(C2(C(=O)O)CCN(Cc3cccnc3C)CC2)c1. The summed E-state index contributed by atoms with van der Waals surface area (Å²) in [5, 5.41) is 9.92. The molecule has 0 bridgehead atoms. The molecule has 1 fully saturated rings. The Hall–Kier alpha value is -2.20. The maximum atomic E-state index is 12.1. The summed E-state index contributed by atoms with van der Waals surface area (Å²) >= 11 is 0. The van der Waals surface area contributed by atoms with Crippen LogP contribution in [0.4, 0.5) is 0 Å². The van der Waals surface area contributed by atoms with Gasteiger partial charge in [0, 0.05) is 18.4 Å². The van der Waals surface area contributed by atoms with Gasteiger partial charge in [0.1, 0.15) is 0 Å². The van der Waals surface area contributed by atoms with Crippen LogP contribution in [0, 0.1) is 13.8 Å². The van der Waals surface area contributed by atoms with Gasteiger partial charge in [-0.05, 0) is 57.0 Å². The number of aliphatic carboxylic acids is 1. The number of rotatable bonds is 4. The van der Waals surface area contributed by atoms with E-state index in [9.17, 15) is 9.90 Å². The van der Waals surface area contributed by atoms with Gasteiger partial charge in [-0.1, -0.05) is 35.9 Å². The third kappa shape index (κ3) is 3.20. The van der Waals surface area contributed by atoms with Gasteiger partial charge in [-0.3, -0.25) is 14.7 Å². The molecule has 0 amide bonds. The molecule has 1 N–H and O–H groups in total. The van der Waals surface area contributed by atoms with E-state index in [1.807, 2.05) is 50.4 Å². The zero-order valence-electron chi connectivity index (χ0n) is 14.3. The van der Waals surface area contributed by atoms with Crippen molar-refractivity contribution in [2.45, 2.75) is 38.6 Å². The van der Waals surface area contributed by atoms with Crippen molar-refractivity contribution in [1.29, 1.82) is 0 Å². The van der Waals surface area contributed by atoms with E-state index in [2.05, 4.69) is 16.0 Å². The molecule has 1 saturated heterocycles. The molecule has 0 aliphatic carbocycles. The molecular formula is C20H24N2O2. The van der Waals surface area contributed by atoms with Crippen LogP contribution < -0.4 is 0 Å². The van der Waals surface area contributed by atoms with Crippen molar-refractivity contribution in [2.75, 3.05) is 13.1 Å². The minimum absolute atomic E-state index is 0.644. The molecule has 126 valence electrons. The highest BCUT2D eigenvalue weighted by Crippen LogP contribution is 2.36. The van der Waals surface area contributed by atoms with Crippen LogP contribution >= 0.6 is 0 Å². The van der Waals surface area contributed by atoms with E-state index in [1.165, 1.54) is 5.56 Å². The highest BCUT2D eigenvalue weighted by Gasteiger charge is 2.43. The zero-order chi connectivity index (χ0) is 17.2. The quantitative estimate of drug-likeness (QED) is 0.937. The second kappa shape index (κ2) is 6.73. The van der Waals surface area contributed by atoms with Crippen LogP contribution in [-0.2, 0) is 16.8 Å². The standard InChI is InChI=1S/C20H24N2O2/c1-15-5-3-7-18(13-15)20(19(23)24)8-11-22(12-9-20)14-17-6-4-10-21-16(17)2/h3-7,10,13H,8-9,11-12,14H2,1-2H3,(H,23,24). The number of likely N-dealkylation sites (tertiary alicyclic amines) is 1. The van der Waals surface area contributed by atoms with Crippen LogP contribution in [0.15, 0.2) is 42.6 Å². The molecule has 4 nitrogen and oxygen atoms in total. The Bertz CT molecular complexity index is 734. The Morgan fingerprint density at radius 2 is 1.96 bits per heavy atom. The lowest BCUT2D eigenvalue weighted by Crippen LogP contribution is -2.47. The summed E-state index contributed by atoms with van der Waals surface area (Å²) < 4.78 is 0. The van der Waals surface area contributed by atoms with Crippen molar-refractivity contribution in [3.05, 3.63) is 65.0 Å². The maximum Gasteiger partial charge on any atom is 0.314 e. The molecule has 0 spiro atoms. The Morgan fingerprint density at radius 1 is 1.21 bits per heavy atom. The van der Waals surface area contributed by atoms with E-state index in [1.54, 1.807) is 0 Å². The topological polar surface area (TPSA) is 53.4 Å². The second-order valence-electron chi connectivity index (χ2n) is 6.78. The van der Waals surface area contributed by atoms with Gasteiger partial charge in [0.2, 0.25) is 0 Å². The van der Waals surface area contributed by atoms with Crippen LogP contribution in [0.2, 0.25) is 0 Å². The summed E-state index contributed by atoms with van der Waals surface area (Å²) in [6.45, 7) is 6.44. The second-order valence-corrected chi connectivity index (χ2v) is 6.78. The van der Waals surface area contributed by atoms with Crippen LogP contribution in [0.25, 0.3) is 0 Å². The largest absolute Gasteiger partial charge is 0.481 e. The minimum atomic E-state index is -0.757. The van der Waals surface area contributed by atoms with Gasteiger partial charge in [-0.25, -0.2) is 0 Å². The van der Waals surface area contributed by atoms with Gasteiger partial charge in [0.05, 0.1) is 5.41 Å². The number of carboxylic acids is 1. The number of hydrogen-bond donors (Lipinski definition) is 1. The molecule has 1 aromatic carbocycles. The fourth-order valence-corrected chi connectivity index (χ4v) is 3.59. The van der Waals surface area contributed by atoms with Crippen molar-refractivity contribution in [1.82, 2.24) is 9.88 Å². The van der Waals surface area contributed by atoms with E-state index in [0.717, 1.165) is 36.5 Å². The molecule has 2 aromatic rings. The van der Waals surface area contributed by atoms with Crippen LogP contribution in [0.5, 0.6) is 0 Å². The summed E-state index contributed by atoms with van der Waals surface area (Å²) in [7, 11) is 0. The lowest BCUT2D eigenvalue weighted by molar-refractivity contribution is -0.146. The molecule has 3 rings (SSSR count). The molecular weight excluding hydrogens is 300 g/mol. The third-order valence-corrected chi connectivity index (χ3v) is 5.20. The number of nitrogens with zero attached hydrogens (tertiary/aromatic N) is 2. The number of pyridine rings is 1. The van der Waals surface area contributed by atoms with E-state index in [4.69, 9.17) is 0 Å². The summed E-state index contributed by atoms with van der Waals surface area (Å²) in [6.07, 6.45) is 3.10. The van der Waals surface area contributed by atoms with Crippen LogP contribution in [0.1, 0.15) is 35.2 Å². The monoisotopic (exact) mass is 324 g/mol. The van der Waals surface area contributed by atoms with Crippen LogP contribution in [0.3, 0.4) is 0 Å². The molecule has 0 unspecified atom stereocenters. The Labute approximate surface area is 143 Å². The minimum Gasteiger partial charge on any atom is -0.481 e. The lowest BCUT2D eigenvalue weighted by atomic mass is 9.72. The molecule has 4 heteroatoms. The number of aryl methyl sites for hydroxylation is 2. The highest BCUT2D eigenvalue weighted by molar-refractivity contribution is 5.81.